The Labute approximate surface area is 140 Å². The van der Waals surface area contributed by atoms with Gasteiger partial charge in [-0.25, -0.2) is 0 Å². The zero-order valence-corrected chi connectivity index (χ0v) is 15.9. The van der Waals surface area contributed by atoms with E-state index in [0.717, 1.165) is 38.2 Å². The molecule has 5 nitrogen and oxygen atoms in total. The SMILES string of the molecule is CN=C(NCCN(CCOC)C1CC1)NC(C)(C)C.I. The summed E-state index contributed by atoms with van der Waals surface area (Å²) in [6, 6.07) is 0.773. The van der Waals surface area contributed by atoms with Gasteiger partial charge in [-0.05, 0) is 33.6 Å². The maximum Gasteiger partial charge on any atom is 0.191 e. The monoisotopic (exact) mass is 398 g/mol. The Hall–Kier alpha value is -0.0800. The van der Waals surface area contributed by atoms with E-state index >= 15 is 0 Å². The van der Waals surface area contributed by atoms with Gasteiger partial charge in [0.15, 0.2) is 5.96 Å². The summed E-state index contributed by atoms with van der Waals surface area (Å²) in [7, 11) is 3.57. The lowest BCUT2D eigenvalue weighted by Gasteiger charge is -2.25. The third-order valence-electron chi connectivity index (χ3n) is 3.05. The zero-order chi connectivity index (χ0) is 14.3. The van der Waals surface area contributed by atoms with Crippen LogP contribution in [0.5, 0.6) is 0 Å². The zero-order valence-electron chi connectivity index (χ0n) is 13.5. The number of halogens is 1. The summed E-state index contributed by atoms with van der Waals surface area (Å²) in [6.07, 6.45) is 2.66. The fourth-order valence-corrected chi connectivity index (χ4v) is 1.98. The molecule has 0 aromatic carbocycles. The van der Waals surface area contributed by atoms with Crippen LogP contribution < -0.4 is 10.6 Å². The third kappa shape index (κ3) is 8.97. The molecule has 0 amide bonds. The van der Waals surface area contributed by atoms with Crippen molar-refractivity contribution in [2.75, 3.05) is 40.4 Å². The van der Waals surface area contributed by atoms with Crippen LogP contribution in [0.3, 0.4) is 0 Å². The topological polar surface area (TPSA) is 48.9 Å². The summed E-state index contributed by atoms with van der Waals surface area (Å²) in [5, 5.41) is 6.74. The Bertz CT molecular complexity index is 287. The highest BCUT2D eigenvalue weighted by Crippen LogP contribution is 2.25. The van der Waals surface area contributed by atoms with Crippen molar-refractivity contribution < 1.29 is 4.74 Å². The summed E-state index contributed by atoms with van der Waals surface area (Å²) in [6.45, 7) is 10.2. The van der Waals surface area contributed by atoms with Gasteiger partial charge in [0, 0.05) is 45.4 Å². The Morgan fingerprint density at radius 1 is 1.30 bits per heavy atom. The molecule has 0 saturated heterocycles. The van der Waals surface area contributed by atoms with Crippen LogP contribution in [0.15, 0.2) is 4.99 Å². The van der Waals surface area contributed by atoms with Gasteiger partial charge < -0.3 is 15.4 Å². The summed E-state index contributed by atoms with van der Waals surface area (Å²) in [4.78, 5) is 6.74. The maximum absolute atomic E-state index is 5.17. The average molecular weight is 398 g/mol. The lowest BCUT2D eigenvalue weighted by atomic mass is 10.1. The van der Waals surface area contributed by atoms with Gasteiger partial charge in [-0.1, -0.05) is 0 Å². The molecular weight excluding hydrogens is 367 g/mol. The van der Waals surface area contributed by atoms with Crippen molar-refractivity contribution in [1.29, 1.82) is 0 Å². The molecule has 1 rings (SSSR count). The van der Waals surface area contributed by atoms with Gasteiger partial charge in [0.05, 0.1) is 6.61 Å². The minimum Gasteiger partial charge on any atom is -0.383 e. The standard InChI is InChI=1S/C14H30N4O.HI/c1-14(2,3)17-13(15-4)16-8-9-18(10-11-19-5)12-6-7-12;/h12H,6-11H2,1-5H3,(H2,15,16,17);1H. The minimum atomic E-state index is 0. The first kappa shape index (κ1) is 19.9. The molecule has 6 heteroatoms. The van der Waals surface area contributed by atoms with Crippen LogP contribution in [-0.2, 0) is 4.74 Å². The van der Waals surface area contributed by atoms with Crippen LogP contribution in [0.2, 0.25) is 0 Å². The van der Waals surface area contributed by atoms with Crippen LogP contribution in [0.25, 0.3) is 0 Å². The van der Waals surface area contributed by atoms with Crippen molar-refractivity contribution in [2.24, 2.45) is 4.99 Å². The summed E-state index contributed by atoms with van der Waals surface area (Å²) < 4.78 is 5.17. The number of hydrogen-bond acceptors (Lipinski definition) is 3. The molecule has 0 spiro atoms. The minimum absolute atomic E-state index is 0. The molecule has 1 aliphatic carbocycles. The van der Waals surface area contributed by atoms with Crippen molar-refractivity contribution in [3.63, 3.8) is 0 Å². The third-order valence-corrected chi connectivity index (χ3v) is 3.05. The smallest absolute Gasteiger partial charge is 0.191 e. The fraction of sp³-hybridized carbons (Fsp3) is 0.929. The van der Waals surface area contributed by atoms with Crippen LogP contribution in [-0.4, -0.2) is 62.8 Å². The van der Waals surface area contributed by atoms with Gasteiger partial charge in [0.2, 0.25) is 0 Å². The Morgan fingerprint density at radius 3 is 2.40 bits per heavy atom. The van der Waals surface area contributed by atoms with E-state index in [9.17, 15) is 0 Å². The average Bonchev–Trinajstić information content (AvgIpc) is 3.14. The van der Waals surface area contributed by atoms with E-state index in [1.165, 1.54) is 12.8 Å². The van der Waals surface area contributed by atoms with Gasteiger partial charge in [0.25, 0.3) is 0 Å². The van der Waals surface area contributed by atoms with Gasteiger partial charge in [-0.2, -0.15) is 0 Å². The first-order valence-electron chi connectivity index (χ1n) is 7.18. The normalized spacial score (nSPS) is 16.0. The quantitative estimate of drug-likeness (QED) is 0.389. The van der Waals surface area contributed by atoms with E-state index < -0.39 is 0 Å². The van der Waals surface area contributed by atoms with E-state index in [4.69, 9.17) is 4.74 Å². The number of ether oxygens (including phenoxy) is 1. The summed E-state index contributed by atoms with van der Waals surface area (Å²) in [5.74, 6) is 0.870. The first-order chi connectivity index (χ1) is 8.96. The lowest BCUT2D eigenvalue weighted by Crippen LogP contribution is -2.49. The van der Waals surface area contributed by atoms with E-state index in [1.54, 1.807) is 7.11 Å². The Kier molecular flexibility index (Phi) is 9.74. The second-order valence-corrected chi connectivity index (χ2v) is 6.13. The highest BCUT2D eigenvalue weighted by Gasteiger charge is 2.28. The van der Waals surface area contributed by atoms with Crippen molar-refractivity contribution >= 4 is 29.9 Å². The first-order valence-corrected chi connectivity index (χ1v) is 7.18. The highest BCUT2D eigenvalue weighted by atomic mass is 127. The number of methoxy groups -OCH3 is 1. The number of guanidine groups is 1. The highest BCUT2D eigenvalue weighted by molar-refractivity contribution is 14.0. The molecule has 0 aromatic rings. The molecule has 1 fully saturated rings. The maximum atomic E-state index is 5.17. The van der Waals surface area contributed by atoms with E-state index in [-0.39, 0.29) is 29.5 Å². The summed E-state index contributed by atoms with van der Waals surface area (Å²) >= 11 is 0. The molecule has 0 aliphatic heterocycles. The van der Waals surface area contributed by atoms with Crippen LogP contribution >= 0.6 is 24.0 Å². The van der Waals surface area contributed by atoms with Crippen molar-refractivity contribution in [1.82, 2.24) is 15.5 Å². The molecule has 1 saturated carbocycles. The fourth-order valence-electron chi connectivity index (χ4n) is 1.98. The molecule has 20 heavy (non-hydrogen) atoms. The van der Waals surface area contributed by atoms with Crippen molar-refractivity contribution in [3.05, 3.63) is 0 Å². The second-order valence-electron chi connectivity index (χ2n) is 6.13. The second kappa shape index (κ2) is 9.78. The van der Waals surface area contributed by atoms with Gasteiger partial charge >= 0.3 is 0 Å². The molecule has 2 N–H and O–H groups in total. The number of nitrogens with zero attached hydrogens (tertiary/aromatic N) is 2. The predicted octanol–water partition coefficient (Wildman–Crippen LogP) is 1.68. The van der Waals surface area contributed by atoms with Crippen LogP contribution in [0, 0.1) is 0 Å². The lowest BCUT2D eigenvalue weighted by molar-refractivity contribution is 0.144. The molecule has 1 aliphatic rings. The number of aliphatic imine (C=N–C) groups is 1. The van der Waals surface area contributed by atoms with E-state index in [1.807, 2.05) is 7.05 Å². The number of nitrogens with one attached hydrogen (secondary N) is 2. The number of hydrogen-bond donors (Lipinski definition) is 2. The number of rotatable bonds is 7. The van der Waals surface area contributed by atoms with Crippen molar-refractivity contribution in [3.8, 4) is 0 Å². The Morgan fingerprint density at radius 2 is 1.95 bits per heavy atom. The molecule has 0 bridgehead atoms. The van der Waals surface area contributed by atoms with Gasteiger partial charge in [-0.15, -0.1) is 24.0 Å². The molecule has 120 valence electrons. The predicted molar refractivity (Wildman–Crippen MR) is 96.1 cm³/mol. The molecule has 0 atom stereocenters. The molecule has 0 radical (unpaired) electrons. The summed E-state index contributed by atoms with van der Waals surface area (Å²) in [5.41, 5.74) is 0.0358. The van der Waals surface area contributed by atoms with Crippen molar-refractivity contribution in [2.45, 2.75) is 45.2 Å². The molecule has 0 aromatic heterocycles. The molecular formula is C14H31IN4O. The van der Waals surface area contributed by atoms with E-state index in [2.05, 4.69) is 41.3 Å². The largest absolute Gasteiger partial charge is 0.383 e. The van der Waals surface area contributed by atoms with Gasteiger partial charge in [0.1, 0.15) is 0 Å². The Balaban J connectivity index is 0.00000361. The van der Waals surface area contributed by atoms with Gasteiger partial charge in [-0.3, -0.25) is 9.89 Å². The molecule has 0 unspecified atom stereocenters. The van der Waals surface area contributed by atoms with E-state index in [0.29, 0.717) is 0 Å². The molecule has 0 heterocycles. The van der Waals surface area contributed by atoms with Crippen LogP contribution in [0.1, 0.15) is 33.6 Å². The van der Waals surface area contributed by atoms with Crippen LogP contribution in [0.4, 0.5) is 0 Å².